The van der Waals surface area contributed by atoms with Crippen LogP contribution in [0.5, 0.6) is 17.2 Å². The maximum atomic E-state index is 13.0. The summed E-state index contributed by atoms with van der Waals surface area (Å²) >= 11 is 6.25. The largest absolute Gasteiger partial charge is 0.507 e. The Morgan fingerprint density at radius 2 is 2.07 bits per heavy atom. The normalized spacial score (nSPS) is 15.4. The van der Waals surface area contributed by atoms with E-state index >= 15 is 0 Å². The van der Waals surface area contributed by atoms with Gasteiger partial charge in [-0.2, -0.15) is 0 Å². The van der Waals surface area contributed by atoms with Gasteiger partial charge in [-0.1, -0.05) is 25.4 Å². The number of phenols is 1. The van der Waals surface area contributed by atoms with E-state index in [2.05, 4.69) is 0 Å². The molecule has 0 aromatic heterocycles. The number of carbonyl (C=O) groups is 1. The van der Waals surface area contributed by atoms with Crippen molar-refractivity contribution in [1.82, 2.24) is 0 Å². The number of halogens is 1. The molecular weight excluding hydrogens is 368 g/mol. The van der Waals surface area contributed by atoms with Gasteiger partial charge in [-0.05, 0) is 42.7 Å². The summed E-state index contributed by atoms with van der Waals surface area (Å²) < 4.78 is 16.4. The number of ketones is 1. The van der Waals surface area contributed by atoms with E-state index in [9.17, 15) is 9.90 Å². The van der Waals surface area contributed by atoms with Crippen LogP contribution < -0.4 is 9.47 Å². The van der Waals surface area contributed by atoms with Crippen molar-refractivity contribution >= 4 is 17.4 Å². The summed E-state index contributed by atoms with van der Waals surface area (Å²) in [6.07, 6.45) is 0. The summed E-state index contributed by atoms with van der Waals surface area (Å²) in [6.45, 7) is 6.75. The van der Waals surface area contributed by atoms with E-state index in [0.717, 1.165) is 16.9 Å². The third-order valence-electron chi connectivity index (χ3n) is 4.90. The average molecular weight is 391 g/mol. The van der Waals surface area contributed by atoms with Crippen LogP contribution in [-0.4, -0.2) is 24.3 Å². The molecule has 0 unspecified atom stereocenters. The highest BCUT2D eigenvalue weighted by molar-refractivity contribution is 6.30. The summed E-state index contributed by atoms with van der Waals surface area (Å²) in [4.78, 5) is 13.0. The lowest BCUT2D eigenvalue weighted by Crippen LogP contribution is -2.21. The summed E-state index contributed by atoms with van der Waals surface area (Å²) in [5.41, 5.74) is 2.02. The molecule has 0 radical (unpaired) electrons. The number of aromatic hydroxyl groups is 1. The van der Waals surface area contributed by atoms with Crippen molar-refractivity contribution in [3.8, 4) is 17.2 Å². The molecule has 2 atom stereocenters. The fourth-order valence-corrected chi connectivity index (χ4v) is 3.51. The molecule has 3 rings (SSSR count). The quantitative estimate of drug-likeness (QED) is 0.708. The van der Waals surface area contributed by atoms with Crippen molar-refractivity contribution in [3.05, 3.63) is 52.0 Å². The SMILES string of the molecule is CCOc1ccc(C(=O)[C@@H](C)[C@H](C)c2cc(Cl)cc3c2OCOC3)c(O)c1. The van der Waals surface area contributed by atoms with Crippen molar-refractivity contribution in [1.29, 1.82) is 0 Å². The first-order chi connectivity index (χ1) is 12.9. The zero-order valence-corrected chi connectivity index (χ0v) is 16.4. The number of ether oxygens (including phenoxy) is 3. The molecule has 5 nitrogen and oxygen atoms in total. The minimum Gasteiger partial charge on any atom is -0.507 e. The van der Waals surface area contributed by atoms with Gasteiger partial charge >= 0.3 is 0 Å². The predicted octanol–water partition coefficient (Wildman–Crippen LogP) is 4.93. The van der Waals surface area contributed by atoms with Crippen LogP contribution in [0.3, 0.4) is 0 Å². The minimum absolute atomic E-state index is 0.0808. The summed E-state index contributed by atoms with van der Waals surface area (Å²) in [5.74, 6) is 0.488. The van der Waals surface area contributed by atoms with Gasteiger partial charge in [0.15, 0.2) is 12.6 Å². The van der Waals surface area contributed by atoms with E-state index < -0.39 is 0 Å². The third-order valence-corrected chi connectivity index (χ3v) is 5.12. The molecule has 1 aliphatic rings. The first-order valence-corrected chi connectivity index (χ1v) is 9.33. The van der Waals surface area contributed by atoms with Crippen molar-refractivity contribution in [2.24, 2.45) is 5.92 Å². The summed E-state index contributed by atoms with van der Waals surface area (Å²) in [5, 5.41) is 10.8. The smallest absolute Gasteiger partial charge is 0.189 e. The number of hydrogen-bond donors (Lipinski definition) is 1. The number of phenolic OH excluding ortho intramolecular Hbond substituents is 1. The molecule has 0 bridgehead atoms. The van der Waals surface area contributed by atoms with Gasteiger partial charge in [0, 0.05) is 22.6 Å². The Labute approximate surface area is 163 Å². The lowest BCUT2D eigenvalue weighted by molar-refractivity contribution is -0.0173. The molecule has 0 spiro atoms. The van der Waals surface area contributed by atoms with E-state index in [0.29, 0.717) is 24.0 Å². The molecule has 0 amide bonds. The van der Waals surface area contributed by atoms with Gasteiger partial charge < -0.3 is 19.3 Å². The number of Topliss-reactive ketones (excluding diaryl/α,β-unsaturated/α-hetero) is 1. The molecule has 1 aliphatic heterocycles. The fourth-order valence-electron chi connectivity index (χ4n) is 3.26. The maximum absolute atomic E-state index is 13.0. The zero-order chi connectivity index (χ0) is 19.6. The van der Waals surface area contributed by atoms with Crippen LogP contribution in [0.25, 0.3) is 0 Å². The average Bonchev–Trinajstić information content (AvgIpc) is 2.66. The van der Waals surface area contributed by atoms with Crippen molar-refractivity contribution < 1.29 is 24.1 Å². The molecule has 27 heavy (non-hydrogen) atoms. The highest BCUT2D eigenvalue weighted by Crippen LogP contribution is 2.40. The molecule has 0 saturated heterocycles. The van der Waals surface area contributed by atoms with Gasteiger partial charge in [0.1, 0.15) is 17.2 Å². The molecule has 6 heteroatoms. The van der Waals surface area contributed by atoms with Gasteiger partial charge in [-0.25, -0.2) is 0 Å². The Hall–Kier alpha value is -2.24. The van der Waals surface area contributed by atoms with E-state index in [1.165, 1.54) is 6.07 Å². The van der Waals surface area contributed by atoms with Gasteiger partial charge in [0.05, 0.1) is 18.8 Å². The molecule has 1 N–H and O–H groups in total. The molecule has 0 saturated carbocycles. The molecule has 1 heterocycles. The second-order valence-electron chi connectivity index (χ2n) is 6.65. The molecular formula is C21H23ClO5. The summed E-state index contributed by atoms with van der Waals surface area (Å²) in [6, 6.07) is 8.41. The molecule has 0 fully saturated rings. The predicted molar refractivity (Wildman–Crippen MR) is 103 cm³/mol. The monoisotopic (exact) mass is 390 g/mol. The van der Waals surface area contributed by atoms with Gasteiger partial charge in [-0.3, -0.25) is 4.79 Å². The number of fused-ring (bicyclic) bond motifs is 1. The van der Waals surface area contributed by atoms with Crippen LogP contribution in [0.2, 0.25) is 5.02 Å². The van der Waals surface area contributed by atoms with Crippen LogP contribution in [0, 0.1) is 5.92 Å². The van der Waals surface area contributed by atoms with Crippen molar-refractivity contribution in [3.63, 3.8) is 0 Å². The fraction of sp³-hybridized carbons (Fsp3) is 0.381. The Bertz CT molecular complexity index is 849. The lowest BCUT2D eigenvalue weighted by Gasteiger charge is -2.26. The molecule has 0 aliphatic carbocycles. The van der Waals surface area contributed by atoms with E-state index in [1.807, 2.05) is 32.9 Å². The Balaban J connectivity index is 1.88. The Kier molecular flexibility index (Phi) is 5.92. The minimum atomic E-state index is -0.386. The Morgan fingerprint density at radius 1 is 1.30 bits per heavy atom. The van der Waals surface area contributed by atoms with Crippen LogP contribution in [0.15, 0.2) is 30.3 Å². The number of benzene rings is 2. The lowest BCUT2D eigenvalue weighted by atomic mass is 9.82. The second kappa shape index (κ2) is 8.19. The van der Waals surface area contributed by atoms with Crippen molar-refractivity contribution in [2.45, 2.75) is 33.3 Å². The topological polar surface area (TPSA) is 65.0 Å². The Morgan fingerprint density at radius 3 is 2.78 bits per heavy atom. The van der Waals surface area contributed by atoms with E-state index in [-0.39, 0.29) is 35.7 Å². The first-order valence-electron chi connectivity index (χ1n) is 8.95. The molecule has 2 aromatic rings. The van der Waals surface area contributed by atoms with Crippen LogP contribution >= 0.6 is 11.6 Å². The first kappa shape index (κ1) is 19.5. The highest BCUT2D eigenvalue weighted by Gasteiger charge is 2.29. The molecule has 2 aromatic carbocycles. The van der Waals surface area contributed by atoms with Crippen LogP contribution in [0.4, 0.5) is 0 Å². The summed E-state index contributed by atoms with van der Waals surface area (Å²) in [7, 11) is 0. The highest BCUT2D eigenvalue weighted by atomic mass is 35.5. The van der Waals surface area contributed by atoms with Gasteiger partial charge in [0.25, 0.3) is 0 Å². The zero-order valence-electron chi connectivity index (χ0n) is 15.6. The van der Waals surface area contributed by atoms with Crippen LogP contribution in [-0.2, 0) is 11.3 Å². The molecule has 144 valence electrons. The third kappa shape index (κ3) is 4.04. The van der Waals surface area contributed by atoms with Crippen LogP contribution in [0.1, 0.15) is 48.2 Å². The van der Waals surface area contributed by atoms with Gasteiger partial charge in [-0.15, -0.1) is 0 Å². The number of hydrogen-bond acceptors (Lipinski definition) is 5. The number of carbonyl (C=O) groups excluding carboxylic acids is 1. The maximum Gasteiger partial charge on any atom is 0.189 e. The second-order valence-corrected chi connectivity index (χ2v) is 7.08. The van der Waals surface area contributed by atoms with E-state index in [4.69, 9.17) is 25.8 Å². The van der Waals surface area contributed by atoms with Gasteiger partial charge in [0.2, 0.25) is 0 Å². The standard InChI is InChI=1S/C21H23ClO5/c1-4-26-16-5-6-17(19(23)9-16)20(24)13(3)12(2)18-8-15(22)7-14-10-25-11-27-21(14)18/h5-9,12-13,23H,4,10-11H2,1-3H3/t12-,13-/m0/s1. The van der Waals surface area contributed by atoms with E-state index in [1.54, 1.807) is 12.1 Å². The van der Waals surface area contributed by atoms with Crippen molar-refractivity contribution in [2.75, 3.05) is 13.4 Å². The number of rotatable bonds is 6.